The Labute approximate surface area is 218 Å². The van der Waals surface area contributed by atoms with Gasteiger partial charge in [0.2, 0.25) is 5.72 Å². The van der Waals surface area contributed by atoms with Crippen LogP contribution in [0.15, 0.2) is 21.9 Å². The Hall–Kier alpha value is -1.34. The Kier molecular flexibility index (Phi) is 8.37. The highest BCUT2D eigenvalue weighted by Gasteiger charge is 2.58. The van der Waals surface area contributed by atoms with Gasteiger partial charge in [0.25, 0.3) is 5.56 Å². The Morgan fingerprint density at radius 1 is 1.03 bits per heavy atom. The van der Waals surface area contributed by atoms with Crippen LogP contribution in [0.2, 0.25) is 36.3 Å². The molecule has 0 saturated carbocycles. The minimum Gasteiger partial charge on any atom is -0.414 e. The minimum absolute atomic E-state index is 0.00440. The van der Waals surface area contributed by atoms with E-state index in [1.54, 1.807) is 20.8 Å². The number of ketones is 1. The Morgan fingerprint density at radius 2 is 1.56 bits per heavy atom. The van der Waals surface area contributed by atoms with Crippen molar-refractivity contribution in [2.45, 2.75) is 123 Å². The fraction of sp³-hybridized carbons (Fsp3) is 0.808. The van der Waals surface area contributed by atoms with Crippen molar-refractivity contribution in [2.24, 2.45) is 5.41 Å². The number of H-pyrrole nitrogens is 1. The van der Waals surface area contributed by atoms with Crippen molar-refractivity contribution in [1.82, 2.24) is 9.55 Å². The molecule has 0 radical (unpaired) electrons. The van der Waals surface area contributed by atoms with Crippen LogP contribution in [-0.2, 0) is 24.1 Å². The molecule has 1 aliphatic heterocycles. The van der Waals surface area contributed by atoms with E-state index < -0.39 is 51.2 Å². The van der Waals surface area contributed by atoms with Crippen molar-refractivity contribution >= 4 is 22.4 Å². The third-order valence-electron chi connectivity index (χ3n) is 8.15. The first-order chi connectivity index (χ1) is 15.9. The summed E-state index contributed by atoms with van der Waals surface area (Å²) in [7, 11) is -4.40. The summed E-state index contributed by atoms with van der Waals surface area (Å²) in [5, 5.41) is -0.0680. The molecule has 8 nitrogen and oxygen atoms in total. The summed E-state index contributed by atoms with van der Waals surface area (Å²) in [6.07, 6.45) is 0.498. The average Bonchev–Trinajstić information content (AvgIpc) is 3.01. The number of nitrogens with one attached hydrogen (secondary N) is 1. The molecule has 36 heavy (non-hydrogen) atoms. The van der Waals surface area contributed by atoms with Crippen LogP contribution in [0.1, 0.15) is 68.7 Å². The largest absolute Gasteiger partial charge is 0.414 e. The summed E-state index contributed by atoms with van der Waals surface area (Å²) in [6.45, 7) is 27.4. The number of ether oxygens (including phenoxy) is 1. The standard InChI is InChI=1S/C26H48N2O6Si2/c1-23(2,3)21(30)26(28-15-14-20(29)27-22(28)31)16-18(34-36(12,13)25(7,8)9)19(33-26)17-32-35(10,11)24(4,5)6/h14-15,18-19H,16-17H2,1-13H3,(H,27,29,31)/t18-,19+,26-/m0/s1. The molecule has 2 heterocycles. The number of nitrogens with zero attached hydrogens (tertiary/aromatic N) is 1. The molecule has 1 N–H and O–H groups in total. The number of aromatic amines is 1. The maximum absolute atomic E-state index is 14.0. The van der Waals surface area contributed by atoms with E-state index in [0.717, 1.165) is 0 Å². The van der Waals surface area contributed by atoms with Crippen LogP contribution in [0.4, 0.5) is 0 Å². The number of aromatic nitrogens is 2. The van der Waals surface area contributed by atoms with Crippen LogP contribution in [0.5, 0.6) is 0 Å². The highest BCUT2D eigenvalue weighted by atomic mass is 28.4. The maximum Gasteiger partial charge on any atom is 0.331 e. The molecule has 1 aliphatic rings. The summed E-state index contributed by atoms with van der Waals surface area (Å²) < 4.78 is 21.2. The first-order valence-corrected chi connectivity index (χ1v) is 18.6. The smallest absolute Gasteiger partial charge is 0.331 e. The van der Waals surface area contributed by atoms with E-state index in [0.29, 0.717) is 0 Å². The number of carbonyl (C=O) groups is 1. The van der Waals surface area contributed by atoms with Crippen LogP contribution in [0, 0.1) is 5.41 Å². The van der Waals surface area contributed by atoms with Crippen molar-refractivity contribution < 1.29 is 18.4 Å². The first kappa shape index (κ1) is 30.9. The molecule has 0 aliphatic carbocycles. The van der Waals surface area contributed by atoms with Crippen molar-refractivity contribution in [3.8, 4) is 0 Å². The maximum atomic E-state index is 14.0. The third kappa shape index (κ3) is 6.20. The van der Waals surface area contributed by atoms with Crippen LogP contribution >= 0.6 is 0 Å². The van der Waals surface area contributed by atoms with Crippen molar-refractivity contribution in [1.29, 1.82) is 0 Å². The van der Waals surface area contributed by atoms with E-state index in [1.165, 1.54) is 16.8 Å². The van der Waals surface area contributed by atoms with Gasteiger partial charge in [-0.1, -0.05) is 62.3 Å². The molecular formula is C26H48N2O6Si2. The molecule has 10 heteroatoms. The van der Waals surface area contributed by atoms with E-state index in [1.807, 2.05) is 0 Å². The molecule has 1 saturated heterocycles. The van der Waals surface area contributed by atoms with Gasteiger partial charge in [-0.25, -0.2) is 4.79 Å². The predicted molar refractivity (Wildman–Crippen MR) is 148 cm³/mol. The Balaban J connectivity index is 2.65. The van der Waals surface area contributed by atoms with Crippen molar-refractivity contribution in [3.63, 3.8) is 0 Å². The summed E-state index contributed by atoms with van der Waals surface area (Å²) in [5.41, 5.74) is -3.64. The lowest BCUT2D eigenvalue weighted by molar-refractivity contribution is -0.170. The molecule has 1 fully saturated rings. The van der Waals surface area contributed by atoms with Gasteiger partial charge in [0, 0.05) is 24.1 Å². The van der Waals surface area contributed by atoms with Gasteiger partial charge in [0.15, 0.2) is 22.4 Å². The normalized spacial score (nSPS) is 24.2. The van der Waals surface area contributed by atoms with E-state index in [2.05, 4.69) is 72.7 Å². The van der Waals surface area contributed by atoms with E-state index >= 15 is 0 Å². The number of hydrogen-bond acceptors (Lipinski definition) is 6. The third-order valence-corrected chi connectivity index (χ3v) is 17.2. The average molecular weight is 541 g/mol. The summed E-state index contributed by atoms with van der Waals surface area (Å²) in [5.74, 6) is -0.247. The van der Waals surface area contributed by atoms with Crippen molar-refractivity contribution in [3.05, 3.63) is 33.1 Å². The van der Waals surface area contributed by atoms with Gasteiger partial charge in [0.05, 0.1) is 12.7 Å². The molecule has 206 valence electrons. The van der Waals surface area contributed by atoms with Gasteiger partial charge < -0.3 is 13.6 Å². The lowest BCUT2D eigenvalue weighted by Crippen LogP contribution is -2.53. The Bertz CT molecular complexity index is 1070. The number of carbonyl (C=O) groups excluding carboxylic acids is 1. The van der Waals surface area contributed by atoms with Gasteiger partial charge in [-0.05, 0) is 36.3 Å². The monoisotopic (exact) mass is 540 g/mol. The summed E-state index contributed by atoms with van der Waals surface area (Å²) in [4.78, 5) is 41.1. The molecule has 0 spiro atoms. The molecule has 0 bridgehead atoms. The van der Waals surface area contributed by atoms with Crippen LogP contribution in [0.3, 0.4) is 0 Å². The lowest BCUT2D eigenvalue weighted by atomic mass is 9.82. The van der Waals surface area contributed by atoms with Gasteiger partial charge in [-0.2, -0.15) is 0 Å². The number of rotatable bonds is 7. The van der Waals surface area contributed by atoms with Gasteiger partial charge in [-0.3, -0.25) is 19.1 Å². The van der Waals surface area contributed by atoms with Crippen molar-refractivity contribution in [2.75, 3.05) is 6.61 Å². The molecule has 3 atom stereocenters. The topological polar surface area (TPSA) is 99.6 Å². The quantitative estimate of drug-likeness (QED) is 0.488. The van der Waals surface area contributed by atoms with Gasteiger partial charge >= 0.3 is 5.69 Å². The second-order valence-corrected chi connectivity index (χ2v) is 23.8. The zero-order valence-electron chi connectivity index (χ0n) is 24.6. The molecule has 1 aromatic rings. The van der Waals surface area contributed by atoms with Gasteiger partial charge in [-0.15, -0.1) is 0 Å². The first-order valence-electron chi connectivity index (χ1n) is 12.8. The molecule has 0 aromatic carbocycles. The lowest BCUT2D eigenvalue weighted by Gasteiger charge is -2.40. The van der Waals surface area contributed by atoms with E-state index in [-0.39, 0.29) is 28.9 Å². The Morgan fingerprint density at radius 3 is 2.00 bits per heavy atom. The van der Waals surface area contributed by atoms with Crippen LogP contribution in [0.25, 0.3) is 0 Å². The fourth-order valence-corrected chi connectivity index (χ4v) is 6.16. The van der Waals surface area contributed by atoms with Gasteiger partial charge in [0.1, 0.15) is 6.10 Å². The molecule has 0 amide bonds. The second kappa shape index (κ2) is 9.76. The summed E-state index contributed by atoms with van der Waals surface area (Å²) >= 11 is 0. The molecule has 2 rings (SSSR count). The number of hydrogen-bond donors (Lipinski definition) is 1. The summed E-state index contributed by atoms with van der Waals surface area (Å²) in [6, 6.07) is 1.24. The van der Waals surface area contributed by atoms with Crippen LogP contribution < -0.4 is 11.2 Å². The van der Waals surface area contributed by atoms with E-state index in [9.17, 15) is 14.4 Å². The highest BCUT2D eigenvalue weighted by molar-refractivity contribution is 6.74. The second-order valence-electron chi connectivity index (χ2n) is 14.2. The van der Waals surface area contributed by atoms with E-state index in [4.69, 9.17) is 13.6 Å². The molecular weight excluding hydrogens is 492 g/mol. The molecule has 1 aromatic heterocycles. The molecule has 0 unspecified atom stereocenters. The highest BCUT2D eigenvalue weighted by Crippen LogP contribution is 2.46. The van der Waals surface area contributed by atoms with Crippen LogP contribution in [-0.4, -0.2) is 50.8 Å². The fourth-order valence-electron chi connectivity index (χ4n) is 3.80. The minimum atomic E-state index is -2.27. The SMILES string of the molecule is CC(C)(C)C(=O)[C@]1(n2ccc(=O)[nH]c2=O)C[C@H](O[Si](C)(C)C(C)(C)C)[C@@H](CO[Si](C)(C)C(C)(C)C)O1. The zero-order valence-corrected chi connectivity index (χ0v) is 26.6. The zero-order chi connectivity index (χ0) is 28.1. The number of Topliss-reactive ketones (excluding diaryl/α,β-unsaturated/α-hetero) is 1. The predicted octanol–water partition coefficient (Wildman–Crippen LogP) is 5.01.